The highest BCUT2D eigenvalue weighted by molar-refractivity contribution is 9.11. The quantitative estimate of drug-likeness (QED) is 0.860. The molecule has 1 atom stereocenters. The third-order valence-corrected chi connectivity index (χ3v) is 3.94. The second-order valence-corrected chi connectivity index (χ2v) is 5.90. The van der Waals surface area contributed by atoms with Crippen molar-refractivity contribution in [1.29, 1.82) is 0 Å². The van der Waals surface area contributed by atoms with Crippen molar-refractivity contribution in [2.75, 3.05) is 0 Å². The molecule has 0 bridgehead atoms. The van der Waals surface area contributed by atoms with Crippen LogP contribution >= 0.6 is 31.9 Å². The van der Waals surface area contributed by atoms with Crippen molar-refractivity contribution in [3.8, 4) is 0 Å². The molecule has 0 amide bonds. The summed E-state index contributed by atoms with van der Waals surface area (Å²) in [7, 11) is 0. The van der Waals surface area contributed by atoms with Gasteiger partial charge in [0.05, 0.1) is 0 Å². The number of nitrogens with zero attached hydrogens (tertiary/aromatic N) is 1. The van der Waals surface area contributed by atoms with E-state index in [0.717, 1.165) is 15.5 Å². The minimum absolute atomic E-state index is 0.285. The lowest BCUT2D eigenvalue weighted by atomic mass is 10.1. The Kier molecular flexibility index (Phi) is 4.92. The molecule has 0 aliphatic rings. The Labute approximate surface area is 124 Å². The third-order valence-electron chi connectivity index (χ3n) is 2.76. The zero-order chi connectivity index (χ0) is 13.0. The molecule has 0 saturated heterocycles. The summed E-state index contributed by atoms with van der Waals surface area (Å²) in [6, 6.07) is 10.6. The number of hydrogen-bond acceptors (Lipinski definition) is 2. The average Bonchev–Trinajstić information content (AvgIpc) is 2.37. The van der Waals surface area contributed by atoms with Crippen molar-refractivity contribution < 1.29 is 0 Å². The maximum absolute atomic E-state index is 4.11. The van der Waals surface area contributed by atoms with E-state index in [1.165, 1.54) is 11.1 Å². The lowest BCUT2D eigenvalue weighted by Gasteiger charge is -2.16. The summed E-state index contributed by atoms with van der Waals surface area (Å²) in [6.45, 7) is 2.97. The van der Waals surface area contributed by atoms with Gasteiger partial charge in [-0.25, -0.2) is 0 Å². The van der Waals surface area contributed by atoms with Crippen LogP contribution in [0.2, 0.25) is 0 Å². The molecule has 1 aromatic heterocycles. The molecule has 0 spiro atoms. The molecular formula is C14H14Br2N2. The molecule has 18 heavy (non-hydrogen) atoms. The van der Waals surface area contributed by atoms with Crippen molar-refractivity contribution in [3.63, 3.8) is 0 Å². The lowest BCUT2D eigenvalue weighted by molar-refractivity contribution is 0.572. The van der Waals surface area contributed by atoms with Crippen LogP contribution in [0.4, 0.5) is 0 Å². The number of aromatic nitrogens is 1. The Balaban J connectivity index is 2.01. The van der Waals surface area contributed by atoms with E-state index in [1.807, 2.05) is 12.3 Å². The van der Waals surface area contributed by atoms with Crippen LogP contribution in [0.15, 0.2) is 51.7 Å². The van der Waals surface area contributed by atoms with Crippen molar-refractivity contribution in [2.24, 2.45) is 0 Å². The highest BCUT2D eigenvalue weighted by atomic mass is 79.9. The van der Waals surface area contributed by atoms with Crippen molar-refractivity contribution in [2.45, 2.75) is 19.5 Å². The van der Waals surface area contributed by atoms with Crippen molar-refractivity contribution in [3.05, 3.63) is 62.8 Å². The molecule has 2 aromatic rings. The lowest BCUT2D eigenvalue weighted by Crippen LogP contribution is -2.18. The summed E-state index contributed by atoms with van der Waals surface area (Å²) >= 11 is 7.05. The summed E-state index contributed by atoms with van der Waals surface area (Å²) in [6.07, 6.45) is 3.68. The van der Waals surface area contributed by atoms with Gasteiger partial charge in [0.2, 0.25) is 0 Å². The first-order chi connectivity index (χ1) is 8.66. The van der Waals surface area contributed by atoms with Crippen molar-refractivity contribution in [1.82, 2.24) is 10.3 Å². The van der Waals surface area contributed by atoms with Gasteiger partial charge in [0.1, 0.15) is 0 Å². The minimum Gasteiger partial charge on any atom is -0.306 e. The van der Waals surface area contributed by atoms with Gasteiger partial charge in [-0.2, -0.15) is 0 Å². The van der Waals surface area contributed by atoms with E-state index < -0.39 is 0 Å². The van der Waals surface area contributed by atoms with Gasteiger partial charge >= 0.3 is 0 Å². The molecule has 0 aliphatic carbocycles. The van der Waals surface area contributed by atoms with Gasteiger partial charge < -0.3 is 5.32 Å². The highest BCUT2D eigenvalue weighted by Crippen LogP contribution is 2.26. The first kappa shape index (κ1) is 13.7. The number of nitrogens with one attached hydrogen (secondary N) is 1. The van der Waals surface area contributed by atoms with Crippen molar-refractivity contribution >= 4 is 31.9 Å². The van der Waals surface area contributed by atoms with Crippen LogP contribution in [0.5, 0.6) is 0 Å². The second-order valence-electron chi connectivity index (χ2n) is 4.13. The standard InChI is InChI=1S/C14H14Br2N2/c1-10(13-5-4-12(15)7-14(13)16)18-9-11-3-2-6-17-8-11/h2-8,10,18H,9H2,1H3. The van der Waals surface area contributed by atoms with E-state index in [0.29, 0.717) is 0 Å². The Morgan fingerprint density at radius 1 is 1.28 bits per heavy atom. The SMILES string of the molecule is CC(NCc1cccnc1)c1ccc(Br)cc1Br. The second kappa shape index (κ2) is 6.45. The molecule has 2 nitrogen and oxygen atoms in total. The van der Waals surface area contributed by atoms with E-state index in [-0.39, 0.29) is 6.04 Å². The highest BCUT2D eigenvalue weighted by Gasteiger charge is 2.09. The number of halogens is 2. The fourth-order valence-electron chi connectivity index (χ4n) is 1.74. The predicted octanol–water partition coefficient (Wildman–Crippen LogP) is 4.46. The Morgan fingerprint density at radius 3 is 2.78 bits per heavy atom. The van der Waals surface area contributed by atoms with Crippen LogP contribution in [0.1, 0.15) is 24.1 Å². The fraction of sp³-hybridized carbons (Fsp3) is 0.214. The van der Waals surface area contributed by atoms with Gasteiger partial charge in [0.15, 0.2) is 0 Å². The number of rotatable bonds is 4. The molecule has 1 unspecified atom stereocenters. The van der Waals surface area contributed by atoms with Gasteiger partial charge in [-0.05, 0) is 36.2 Å². The molecule has 1 N–H and O–H groups in total. The molecule has 1 aromatic carbocycles. The van der Waals surface area contributed by atoms with Crippen LogP contribution in [0, 0.1) is 0 Å². The molecule has 0 aliphatic heterocycles. The molecule has 0 saturated carbocycles. The topological polar surface area (TPSA) is 24.9 Å². The summed E-state index contributed by atoms with van der Waals surface area (Å²) in [5.41, 5.74) is 2.44. The van der Waals surface area contributed by atoms with Crippen LogP contribution in [0.3, 0.4) is 0 Å². The largest absolute Gasteiger partial charge is 0.306 e. The maximum Gasteiger partial charge on any atom is 0.0312 e. The molecular weight excluding hydrogens is 356 g/mol. The summed E-state index contributed by atoms with van der Waals surface area (Å²) in [4.78, 5) is 4.11. The minimum atomic E-state index is 0.285. The normalized spacial score (nSPS) is 12.4. The predicted molar refractivity (Wildman–Crippen MR) is 81.3 cm³/mol. The molecule has 94 valence electrons. The fourth-order valence-corrected chi connectivity index (χ4v) is 3.13. The summed E-state index contributed by atoms with van der Waals surface area (Å²) < 4.78 is 2.20. The smallest absolute Gasteiger partial charge is 0.0312 e. The zero-order valence-electron chi connectivity index (χ0n) is 10.0. The van der Waals surface area contributed by atoms with Gasteiger partial charge in [-0.3, -0.25) is 4.98 Å². The van der Waals surface area contributed by atoms with Gasteiger partial charge in [0.25, 0.3) is 0 Å². The van der Waals surface area contributed by atoms with E-state index in [2.05, 4.69) is 73.3 Å². The Hall–Kier alpha value is -0.710. The Morgan fingerprint density at radius 2 is 2.11 bits per heavy atom. The molecule has 4 heteroatoms. The summed E-state index contributed by atoms with van der Waals surface area (Å²) in [5.74, 6) is 0. The molecule has 2 rings (SSSR count). The van der Waals surface area contributed by atoms with Crippen LogP contribution in [0.25, 0.3) is 0 Å². The number of benzene rings is 1. The summed E-state index contributed by atoms with van der Waals surface area (Å²) in [5, 5.41) is 3.49. The third kappa shape index (κ3) is 3.64. The first-order valence-corrected chi connectivity index (χ1v) is 7.32. The van der Waals surface area contributed by atoms with Gasteiger partial charge in [-0.1, -0.05) is 44.0 Å². The van der Waals surface area contributed by atoms with Crippen LogP contribution < -0.4 is 5.32 Å². The van der Waals surface area contributed by atoms with Gasteiger partial charge in [-0.15, -0.1) is 0 Å². The number of hydrogen-bond donors (Lipinski definition) is 1. The van der Waals surface area contributed by atoms with Gasteiger partial charge in [0, 0.05) is 33.9 Å². The zero-order valence-corrected chi connectivity index (χ0v) is 13.2. The number of pyridine rings is 1. The monoisotopic (exact) mass is 368 g/mol. The van der Waals surface area contributed by atoms with E-state index in [9.17, 15) is 0 Å². The molecule has 1 heterocycles. The molecule has 0 fully saturated rings. The Bertz CT molecular complexity index is 514. The van der Waals surface area contributed by atoms with Crippen LogP contribution in [-0.4, -0.2) is 4.98 Å². The molecule has 0 radical (unpaired) electrons. The van der Waals surface area contributed by atoms with E-state index >= 15 is 0 Å². The van der Waals surface area contributed by atoms with E-state index in [1.54, 1.807) is 6.20 Å². The van der Waals surface area contributed by atoms with E-state index in [4.69, 9.17) is 0 Å². The average molecular weight is 370 g/mol. The maximum atomic E-state index is 4.11. The van der Waals surface area contributed by atoms with Crippen LogP contribution in [-0.2, 0) is 6.54 Å². The first-order valence-electron chi connectivity index (χ1n) is 5.74.